The smallest absolute Gasteiger partial charge is 0.233 e. The third-order valence-corrected chi connectivity index (χ3v) is 2.63. The van der Waals surface area contributed by atoms with E-state index in [2.05, 4.69) is 15.5 Å². The summed E-state index contributed by atoms with van der Waals surface area (Å²) in [6.45, 7) is 5.71. The first-order valence-electron chi connectivity index (χ1n) is 4.27. The van der Waals surface area contributed by atoms with E-state index in [0.717, 1.165) is 5.01 Å². The molecule has 0 saturated carbocycles. The van der Waals surface area contributed by atoms with Crippen molar-refractivity contribution in [3.05, 3.63) is 5.01 Å². The zero-order valence-electron chi connectivity index (χ0n) is 8.50. The number of rotatable bonds is 3. The number of hydrogen-bond donors (Lipinski definition) is 2. The van der Waals surface area contributed by atoms with E-state index in [9.17, 15) is 4.79 Å². The molecule has 14 heavy (non-hydrogen) atoms. The average molecular weight is 214 g/mol. The summed E-state index contributed by atoms with van der Waals surface area (Å²) in [5.74, 6) is -0.129. The lowest BCUT2D eigenvalue weighted by Crippen LogP contribution is -2.37. The van der Waals surface area contributed by atoms with Crippen LogP contribution >= 0.6 is 11.3 Å². The Kier molecular flexibility index (Phi) is 3.17. The predicted octanol–water partition coefficient (Wildman–Crippen LogP) is 0.770. The van der Waals surface area contributed by atoms with E-state index in [1.165, 1.54) is 11.3 Å². The minimum atomic E-state index is -0.570. The van der Waals surface area contributed by atoms with Gasteiger partial charge in [0.1, 0.15) is 5.01 Å². The maximum atomic E-state index is 11.6. The fourth-order valence-electron chi connectivity index (χ4n) is 0.706. The van der Waals surface area contributed by atoms with Gasteiger partial charge >= 0.3 is 0 Å². The Morgan fingerprint density at radius 2 is 2.21 bits per heavy atom. The van der Waals surface area contributed by atoms with E-state index in [1.54, 1.807) is 13.8 Å². The molecular weight excluding hydrogens is 200 g/mol. The number of carbonyl (C=O) groups excluding carboxylic acids is 1. The summed E-state index contributed by atoms with van der Waals surface area (Å²) in [5.41, 5.74) is 4.90. The molecule has 0 fully saturated rings. The number of nitrogens with two attached hydrogens (primary N) is 1. The molecule has 0 aliphatic rings. The number of carbonyl (C=O) groups is 1. The molecule has 0 radical (unpaired) electrons. The van der Waals surface area contributed by atoms with Gasteiger partial charge in [-0.15, -0.1) is 10.2 Å². The van der Waals surface area contributed by atoms with E-state index < -0.39 is 5.41 Å². The van der Waals surface area contributed by atoms with Crippen molar-refractivity contribution in [2.75, 3.05) is 11.9 Å². The Labute approximate surface area is 86.7 Å². The topological polar surface area (TPSA) is 80.9 Å². The first-order valence-corrected chi connectivity index (χ1v) is 5.09. The number of anilines is 1. The molecule has 0 aliphatic heterocycles. The molecule has 78 valence electrons. The molecule has 1 aromatic rings. The van der Waals surface area contributed by atoms with Crippen molar-refractivity contribution in [2.24, 2.45) is 11.1 Å². The highest BCUT2D eigenvalue weighted by Crippen LogP contribution is 2.19. The second-order valence-electron chi connectivity index (χ2n) is 3.67. The standard InChI is InChI=1S/C8H14N4OS/c1-5-11-12-7(14-5)10-6(13)8(2,3)4-9/h4,9H2,1-3H3,(H,10,12,13). The highest BCUT2D eigenvalue weighted by molar-refractivity contribution is 7.15. The molecule has 1 rings (SSSR count). The average Bonchev–Trinajstić information content (AvgIpc) is 2.51. The van der Waals surface area contributed by atoms with Crippen LogP contribution in [0.3, 0.4) is 0 Å². The van der Waals surface area contributed by atoms with Gasteiger partial charge in [0.25, 0.3) is 0 Å². The maximum Gasteiger partial charge on any atom is 0.233 e. The van der Waals surface area contributed by atoms with Crippen LogP contribution in [0.25, 0.3) is 0 Å². The number of aromatic nitrogens is 2. The van der Waals surface area contributed by atoms with Crippen molar-refractivity contribution in [3.63, 3.8) is 0 Å². The molecule has 5 nitrogen and oxygen atoms in total. The van der Waals surface area contributed by atoms with Crippen LogP contribution in [0.5, 0.6) is 0 Å². The van der Waals surface area contributed by atoms with Crippen LogP contribution in [0.15, 0.2) is 0 Å². The van der Waals surface area contributed by atoms with Gasteiger partial charge in [0.2, 0.25) is 11.0 Å². The summed E-state index contributed by atoms with van der Waals surface area (Å²) in [7, 11) is 0. The third-order valence-electron chi connectivity index (χ3n) is 1.87. The fourth-order valence-corrected chi connectivity index (χ4v) is 1.29. The van der Waals surface area contributed by atoms with Crippen molar-refractivity contribution < 1.29 is 4.79 Å². The summed E-state index contributed by atoms with van der Waals surface area (Å²) < 4.78 is 0. The molecule has 0 saturated heterocycles. The minimum absolute atomic E-state index is 0.129. The van der Waals surface area contributed by atoms with Gasteiger partial charge in [0, 0.05) is 6.54 Å². The number of aryl methyl sites for hydroxylation is 1. The van der Waals surface area contributed by atoms with Gasteiger partial charge in [-0.2, -0.15) is 0 Å². The first kappa shape index (κ1) is 11.1. The molecule has 6 heteroatoms. The number of hydrogen-bond acceptors (Lipinski definition) is 5. The Morgan fingerprint density at radius 1 is 1.57 bits per heavy atom. The molecule has 3 N–H and O–H groups in total. The van der Waals surface area contributed by atoms with Crippen LogP contribution in [-0.4, -0.2) is 22.6 Å². The molecule has 1 aromatic heterocycles. The summed E-state index contributed by atoms with van der Waals surface area (Å²) in [4.78, 5) is 11.6. The van der Waals surface area contributed by atoms with Crippen molar-refractivity contribution >= 4 is 22.4 Å². The predicted molar refractivity (Wildman–Crippen MR) is 56.1 cm³/mol. The quantitative estimate of drug-likeness (QED) is 0.778. The van der Waals surface area contributed by atoms with E-state index in [-0.39, 0.29) is 5.91 Å². The lowest BCUT2D eigenvalue weighted by molar-refractivity contribution is -0.123. The van der Waals surface area contributed by atoms with Gasteiger partial charge in [-0.05, 0) is 20.8 Å². The first-order chi connectivity index (χ1) is 6.45. The normalized spacial score (nSPS) is 11.4. The SMILES string of the molecule is Cc1nnc(NC(=O)C(C)(C)CN)s1. The number of nitrogens with one attached hydrogen (secondary N) is 1. The van der Waals surface area contributed by atoms with Gasteiger partial charge < -0.3 is 11.1 Å². The fraction of sp³-hybridized carbons (Fsp3) is 0.625. The summed E-state index contributed by atoms with van der Waals surface area (Å²) in [6, 6.07) is 0. The molecule has 0 spiro atoms. The lowest BCUT2D eigenvalue weighted by Gasteiger charge is -2.19. The maximum absolute atomic E-state index is 11.6. The van der Waals surface area contributed by atoms with Gasteiger partial charge in [0.05, 0.1) is 5.41 Å². The van der Waals surface area contributed by atoms with Crippen LogP contribution in [-0.2, 0) is 4.79 Å². The van der Waals surface area contributed by atoms with Crippen molar-refractivity contribution in [3.8, 4) is 0 Å². The monoisotopic (exact) mass is 214 g/mol. The van der Waals surface area contributed by atoms with Crippen LogP contribution in [0, 0.1) is 12.3 Å². The Balaban J connectivity index is 2.66. The Bertz CT molecular complexity index is 334. The van der Waals surface area contributed by atoms with E-state index in [4.69, 9.17) is 5.73 Å². The second kappa shape index (κ2) is 4.02. The number of amides is 1. The van der Waals surface area contributed by atoms with Gasteiger partial charge in [-0.3, -0.25) is 4.79 Å². The highest BCUT2D eigenvalue weighted by Gasteiger charge is 2.26. The van der Waals surface area contributed by atoms with Crippen molar-refractivity contribution in [1.29, 1.82) is 0 Å². The molecule has 0 unspecified atom stereocenters. The summed E-state index contributed by atoms with van der Waals surface area (Å²) >= 11 is 1.35. The minimum Gasteiger partial charge on any atom is -0.329 e. The highest BCUT2D eigenvalue weighted by atomic mass is 32.1. The van der Waals surface area contributed by atoms with E-state index in [0.29, 0.717) is 11.7 Å². The summed E-state index contributed by atoms with van der Waals surface area (Å²) in [6.07, 6.45) is 0. The Morgan fingerprint density at radius 3 is 2.64 bits per heavy atom. The second-order valence-corrected chi connectivity index (χ2v) is 4.85. The Hall–Kier alpha value is -1.01. The molecule has 0 aliphatic carbocycles. The molecular formula is C8H14N4OS. The number of nitrogens with zero attached hydrogens (tertiary/aromatic N) is 2. The van der Waals surface area contributed by atoms with E-state index in [1.807, 2.05) is 6.92 Å². The summed E-state index contributed by atoms with van der Waals surface area (Å²) in [5, 5.41) is 11.6. The van der Waals surface area contributed by atoms with Gasteiger partial charge in [0.15, 0.2) is 0 Å². The van der Waals surface area contributed by atoms with Gasteiger partial charge in [-0.25, -0.2) is 0 Å². The van der Waals surface area contributed by atoms with Crippen LogP contribution in [0.1, 0.15) is 18.9 Å². The molecule has 0 atom stereocenters. The largest absolute Gasteiger partial charge is 0.329 e. The van der Waals surface area contributed by atoms with E-state index >= 15 is 0 Å². The molecule has 0 bridgehead atoms. The molecule has 0 aromatic carbocycles. The molecule has 1 amide bonds. The zero-order valence-corrected chi connectivity index (χ0v) is 9.31. The van der Waals surface area contributed by atoms with Gasteiger partial charge in [-0.1, -0.05) is 11.3 Å². The van der Waals surface area contributed by atoms with Crippen molar-refractivity contribution in [1.82, 2.24) is 10.2 Å². The van der Waals surface area contributed by atoms with Crippen LogP contribution < -0.4 is 11.1 Å². The third kappa shape index (κ3) is 2.49. The molecule has 1 heterocycles. The lowest BCUT2D eigenvalue weighted by atomic mass is 9.93. The van der Waals surface area contributed by atoms with Crippen LogP contribution in [0.2, 0.25) is 0 Å². The zero-order chi connectivity index (χ0) is 10.8. The van der Waals surface area contributed by atoms with Crippen LogP contribution in [0.4, 0.5) is 5.13 Å². The van der Waals surface area contributed by atoms with Crippen molar-refractivity contribution in [2.45, 2.75) is 20.8 Å².